The van der Waals surface area contributed by atoms with Crippen LogP contribution in [0.5, 0.6) is 0 Å². The fraction of sp³-hybridized carbons (Fsp3) is 0.417. The molecule has 0 unspecified atom stereocenters. The van der Waals surface area contributed by atoms with Crippen LogP contribution in [0.1, 0.15) is 29.6 Å². The summed E-state index contributed by atoms with van der Waals surface area (Å²) in [7, 11) is 0. The summed E-state index contributed by atoms with van der Waals surface area (Å²) in [5.74, 6) is 0.901. The van der Waals surface area contributed by atoms with Gasteiger partial charge in [0.15, 0.2) is 0 Å². The molecule has 3 heteroatoms. The Morgan fingerprint density at radius 2 is 2.00 bits per heavy atom. The van der Waals surface area contributed by atoms with Gasteiger partial charge in [0, 0.05) is 16.6 Å². The number of nitrogens with one attached hydrogen (secondary N) is 1. The summed E-state index contributed by atoms with van der Waals surface area (Å²) in [6, 6.07) is 7.43. The van der Waals surface area contributed by atoms with Crippen LogP contribution in [0.15, 0.2) is 28.7 Å². The van der Waals surface area contributed by atoms with E-state index in [4.69, 9.17) is 0 Å². The van der Waals surface area contributed by atoms with E-state index in [1.807, 2.05) is 24.3 Å². The van der Waals surface area contributed by atoms with Crippen LogP contribution in [0.3, 0.4) is 0 Å². The van der Waals surface area contributed by atoms with Crippen LogP contribution >= 0.6 is 15.9 Å². The molecule has 1 N–H and O–H groups in total. The van der Waals surface area contributed by atoms with E-state index in [0.717, 1.165) is 28.9 Å². The smallest absolute Gasteiger partial charge is 0.251 e. The average Bonchev–Trinajstić information content (AvgIpc) is 3.02. The molecular weight excluding hydrogens is 254 g/mol. The molecule has 80 valence electrons. The second-order valence-corrected chi connectivity index (χ2v) is 4.91. The van der Waals surface area contributed by atoms with E-state index >= 15 is 0 Å². The molecule has 1 aromatic carbocycles. The van der Waals surface area contributed by atoms with Crippen LogP contribution in [0, 0.1) is 5.92 Å². The van der Waals surface area contributed by atoms with Gasteiger partial charge in [0.2, 0.25) is 0 Å². The van der Waals surface area contributed by atoms with Gasteiger partial charge in [0.25, 0.3) is 5.91 Å². The Bertz CT molecular complexity index is 343. The van der Waals surface area contributed by atoms with Crippen molar-refractivity contribution in [2.45, 2.75) is 19.3 Å². The molecule has 1 amide bonds. The SMILES string of the molecule is O=C(NCCC1CC1)c1ccc(Br)cc1. The van der Waals surface area contributed by atoms with Gasteiger partial charge in [-0.15, -0.1) is 0 Å². The minimum absolute atomic E-state index is 0.0307. The van der Waals surface area contributed by atoms with Crippen molar-refractivity contribution >= 4 is 21.8 Å². The molecule has 0 radical (unpaired) electrons. The van der Waals surface area contributed by atoms with E-state index in [-0.39, 0.29) is 5.91 Å². The largest absolute Gasteiger partial charge is 0.352 e. The van der Waals surface area contributed by atoms with Crippen LogP contribution in [-0.4, -0.2) is 12.5 Å². The lowest BCUT2D eigenvalue weighted by Gasteiger charge is -2.04. The minimum atomic E-state index is 0.0307. The van der Waals surface area contributed by atoms with Gasteiger partial charge in [-0.2, -0.15) is 0 Å². The Hall–Kier alpha value is -0.830. The van der Waals surface area contributed by atoms with Gasteiger partial charge in [-0.25, -0.2) is 0 Å². The van der Waals surface area contributed by atoms with Crippen molar-refractivity contribution < 1.29 is 4.79 Å². The molecular formula is C12H14BrNO. The van der Waals surface area contributed by atoms with E-state index in [9.17, 15) is 4.79 Å². The first-order valence-electron chi connectivity index (χ1n) is 5.29. The number of rotatable bonds is 4. The lowest BCUT2D eigenvalue weighted by Crippen LogP contribution is -2.24. The predicted molar refractivity (Wildman–Crippen MR) is 63.8 cm³/mol. The normalized spacial score (nSPS) is 15.0. The van der Waals surface area contributed by atoms with Crippen molar-refractivity contribution in [2.24, 2.45) is 5.92 Å². The first-order chi connectivity index (χ1) is 7.25. The Morgan fingerprint density at radius 3 is 2.60 bits per heavy atom. The molecule has 0 aromatic heterocycles. The third kappa shape index (κ3) is 3.34. The minimum Gasteiger partial charge on any atom is -0.352 e. The van der Waals surface area contributed by atoms with Crippen LogP contribution in [0.25, 0.3) is 0 Å². The molecule has 0 saturated heterocycles. The molecule has 0 aliphatic heterocycles. The molecule has 1 fully saturated rings. The highest BCUT2D eigenvalue weighted by Gasteiger charge is 2.20. The molecule has 0 atom stereocenters. The third-order valence-electron chi connectivity index (χ3n) is 2.64. The van der Waals surface area contributed by atoms with Gasteiger partial charge >= 0.3 is 0 Å². The maximum atomic E-state index is 11.6. The second kappa shape index (κ2) is 4.79. The zero-order valence-electron chi connectivity index (χ0n) is 8.50. The third-order valence-corrected chi connectivity index (χ3v) is 3.17. The van der Waals surface area contributed by atoms with E-state index in [1.54, 1.807) is 0 Å². The first kappa shape index (κ1) is 10.7. The highest BCUT2D eigenvalue weighted by molar-refractivity contribution is 9.10. The number of benzene rings is 1. The lowest BCUT2D eigenvalue weighted by molar-refractivity contribution is 0.0952. The number of halogens is 1. The van der Waals surface area contributed by atoms with Gasteiger partial charge in [-0.05, 0) is 36.6 Å². The predicted octanol–water partition coefficient (Wildman–Crippen LogP) is 2.98. The van der Waals surface area contributed by atoms with E-state index in [1.165, 1.54) is 12.8 Å². The summed E-state index contributed by atoms with van der Waals surface area (Å²) in [4.78, 5) is 11.6. The molecule has 2 rings (SSSR count). The van der Waals surface area contributed by atoms with Crippen LogP contribution in [0.2, 0.25) is 0 Å². The first-order valence-corrected chi connectivity index (χ1v) is 6.09. The summed E-state index contributed by atoms with van der Waals surface area (Å²) in [5.41, 5.74) is 0.731. The highest BCUT2D eigenvalue weighted by Crippen LogP contribution is 2.31. The number of carbonyl (C=O) groups excluding carboxylic acids is 1. The Kier molecular flexibility index (Phi) is 3.41. The quantitative estimate of drug-likeness (QED) is 0.893. The fourth-order valence-electron chi connectivity index (χ4n) is 1.50. The van der Waals surface area contributed by atoms with Gasteiger partial charge in [0.1, 0.15) is 0 Å². The standard InChI is InChI=1S/C12H14BrNO/c13-11-5-3-10(4-6-11)12(15)14-8-7-9-1-2-9/h3-6,9H,1-2,7-8H2,(H,14,15). The van der Waals surface area contributed by atoms with Crippen LogP contribution in [0.4, 0.5) is 0 Å². The fourth-order valence-corrected chi connectivity index (χ4v) is 1.76. The summed E-state index contributed by atoms with van der Waals surface area (Å²) >= 11 is 3.34. The van der Waals surface area contributed by atoms with Gasteiger partial charge in [0.05, 0.1) is 0 Å². The van der Waals surface area contributed by atoms with Gasteiger partial charge < -0.3 is 5.32 Å². The Labute approximate surface area is 98.2 Å². The lowest BCUT2D eigenvalue weighted by atomic mass is 10.2. The van der Waals surface area contributed by atoms with E-state index < -0.39 is 0 Å². The zero-order valence-corrected chi connectivity index (χ0v) is 10.1. The topological polar surface area (TPSA) is 29.1 Å². The summed E-state index contributed by atoms with van der Waals surface area (Å²) in [6.45, 7) is 0.805. The molecule has 0 spiro atoms. The summed E-state index contributed by atoms with van der Waals surface area (Å²) in [6.07, 6.45) is 3.81. The number of amides is 1. The monoisotopic (exact) mass is 267 g/mol. The van der Waals surface area contributed by atoms with Crippen molar-refractivity contribution in [2.75, 3.05) is 6.54 Å². The van der Waals surface area contributed by atoms with Crippen molar-refractivity contribution in [3.63, 3.8) is 0 Å². The zero-order chi connectivity index (χ0) is 10.7. The van der Waals surface area contributed by atoms with E-state index in [2.05, 4.69) is 21.2 Å². The maximum absolute atomic E-state index is 11.6. The highest BCUT2D eigenvalue weighted by atomic mass is 79.9. The number of hydrogen-bond donors (Lipinski definition) is 1. The maximum Gasteiger partial charge on any atom is 0.251 e. The summed E-state index contributed by atoms with van der Waals surface area (Å²) in [5, 5.41) is 2.94. The second-order valence-electron chi connectivity index (χ2n) is 3.99. The van der Waals surface area contributed by atoms with Crippen LogP contribution < -0.4 is 5.32 Å². The van der Waals surface area contributed by atoms with Crippen molar-refractivity contribution in [1.82, 2.24) is 5.32 Å². The molecule has 1 aliphatic rings. The van der Waals surface area contributed by atoms with Gasteiger partial charge in [-0.3, -0.25) is 4.79 Å². The Balaban J connectivity index is 1.81. The molecule has 0 heterocycles. The van der Waals surface area contributed by atoms with Crippen molar-refractivity contribution in [1.29, 1.82) is 0 Å². The Morgan fingerprint density at radius 1 is 1.33 bits per heavy atom. The molecule has 2 nitrogen and oxygen atoms in total. The van der Waals surface area contributed by atoms with E-state index in [0.29, 0.717) is 0 Å². The molecule has 1 aliphatic carbocycles. The van der Waals surface area contributed by atoms with Crippen molar-refractivity contribution in [3.05, 3.63) is 34.3 Å². The summed E-state index contributed by atoms with van der Waals surface area (Å²) < 4.78 is 0.997. The number of hydrogen-bond acceptors (Lipinski definition) is 1. The molecule has 1 saturated carbocycles. The average molecular weight is 268 g/mol. The molecule has 1 aromatic rings. The van der Waals surface area contributed by atoms with Gasteiger partial charge in [-0.1, -0.05) is 28.8 Å². The van der Waals surface area contributed by atoms with Crippen molar-refractivity contribution in [3.8, 4) is 0 Å². The molecule has 15 heavy (non-hydrogen) atoms. The van der Waals surface area contributed by atoms with Crippen LogP contribution in [-0.2, 0) is 0 Å². The molecule has 0 bridgehead atoms. The number of carbonyl (C=O) groups is 1.